The highest BCUT2D eigenvalue weighted by atomic mass is 32.2. The molecule has 4 nitrogen and oxygen atoms in total. The topological polar surface area (TPSA) is 66.4 Å². The predicted octanol–water partition coefficient (Wildman–Crippen LogP) is 1.71. The van der Waals surface area contributed by atoms with Crippen molar-refractivity contribution in [2.24, 2.45) is 0 Å². The van der Waals surface area contributed by atoms with E-state index in [9.17, 15) is 13.5 Å². The summed E-state index contributed by atoms with van der Waals surface area (Å²) in [4.78, 5) is 0.227. The van der Waals surface area contributed by atoms with Gasteiger partial charge in [0.1, 0.15) is 0 Å². The van der Waals surface area contributed by atoms with E-state index in [1.807, 2.05) is 13.8 Å². The van der Waals surface area contributed by atoms with Crippen LogP contribution in [0.25, 0.3) is 0 Å². The highest BCUT2D eigenvalue weighted by Crippen LogP contribution is 2.32. The fourth-order valence-electron chi connectivity index (χ4n) is 2.18. The van der Waals surface area contributed by atoms with Gasteiger partial charge in [-0.2, -0.15) is 0 Å². The average molecular weight is 269 g/mol. The van der Waals surface area contributed by atoms with E-state index in [4.69, 9.17) is 0 Å². The first-order chi connectivity index (χ1) is 8.36. The first-order valence-electron chi connectivity index (χ1n) is 6.11. The fraction of sp³-hybridized carbons (Fsp3) is 0.538. The van der Waals surface area contributed by atoms with Crippen LogP contribution in [0.1, 0.15) is 37.3 Å². The molecule has 0 aromatic heterocycles. The number of hydrogen-bond donors (Lipinski definition) is 2. The molecule has 0 radical (unpaired) electrons. The third-order valence-corrected chi connectivity index (χ3v) is 5.28. The number of hydrogen-bond acceptors (Lipinski definition) is 3. The van der Waals surface area contributed by atoms with Crippen LogP contribution >= 0.6 is 0 Å². The number of aliphatic hydroxyl groups is 1. The minimum atomic E-state index is -3.49. The molecule has 2 rings (SSSR count). The van der Waals surface area contributed by atoms with Crippen molar-refractivity contribution in [3.8, 4) is 0 Å². The second-order valence-corrected chi connectivity index (χ2v) is 6.95. The van der Waals surface area contributed by atoms with Gasteiger partial charge in [0.05, 0.1) is 11.5 Å². The Hall–Kier alpha value is -0.910. The molecular formula is C13H19NO3S. The maximum atomic E-state index is 12.2. The molecule has 1 saturated carbocycles. The molecule has 0 bridgehead atoms. The molecule has 100 valence electrons. The molecule has 18 heavy (non-hydrogen) atoms. The van der Waals surface area contributed by atoms with E-state index in [1.165, 1.54) is 0 Å². The van der Waals surface area contributed by atoms with E-state index in [0.717, 1.165) is 24.8 Å². The first kappa shape index (κ1) is 13.5. The van der Waals surface area contributed by atoms with Crippen LogP contribution in [-0.2, 0) is 16.6 Å². The second-order valence-electron chi connectivity index (χ2n) is 5.27. The number of benzene rings is 1. The van der Waals surface area contributed by atoms with Gasteiger partial charge in [0.2, 0.25) is 10.0 Å². The van der Waals surface area contributed by atoms with E-state index in [1.54, 1.807) is 18.2 Å². The minimum Gasteiger partial charge on any atom is -0.392 e. The zero-order chi connectivity index (χ0) is 13.4. The van der Waals surface area contributed by atoms with Gasteiger partial charge in [0, 0.05) is 5.54 Å². The minimum absolute atomic E-state index is 0.146. The Morgan fingerprint density at radius 2 is 2.06 bits per heavy atom. The standard InChI is InChI=1S/C13H19NO3S/c1-10-4-5-12(8-11(10)9-15)18(16,17)14-13(2)6-3-7-13/h4-5,8,14-15H,3,6-7,9H2,1-2H3. The van der Waals surface area contributed by atoms with E-state index < -0.39 is 10.0 Å². The number of sulfonamides is 1. The Morgan fingerprint density at radius 3 is 2.56 bits per heavy atom. The second kappa shape index (κ2) is 4.64. The quantitative estimate of drug-likeness (QED) is 0.874. The molecule has 1 aliphatic carbocycles. The van der Waals surface area contributed by atoms with Gasteiger partial charge in [0.15, 0.2) is 0 Å². The largest absolute Gasteiger partial charge is 0.392 e. The number of rotatable bonds is 4. The summed E-state index contributed by atoms with van der Waals surface area (Å²) in [6.07, 6.45) is 2.82. The molecule has 2 N–H and O–H groups in total. The lowest BCUT2D eigenvalue weighted by molar-refractivity contribution is 0.248. The molecule has 0 amide bonds. The third kappa shape index (κ3) is 2.58. The molecule has 0 spiro atoms. The molecule has 0 atom stereocenters. The van der Waals surface area contributed by atoms with Crippen molar-refractivity contribution < 1.29 is 13.5 Å². The van der Waals surface area contributed by atoms with Crippen LogP contribution in [-0.4, -0.2) is 19.1 Å². The Kier molecular flexibility index (Phi) is 3.49. The van der Waals surface area contributed by atoms with Gasteiger partial charge in [0.25, 0.3) is 0 Å². The van der Waals surface area contributed by atoms with Gasteiger partial charge in [-0.25, -0.2) is 13.1 Å². The van der Waals surface area contributed by atoms with Gasteiger partial charge in [-0.3, -0.25) is 0 Å². The van der Waals surface area contributed by atoms with Crippen LogP contribution in [0.5, 0.6) is 0 Å². The zero-order valence-corrected chi connectivity index (χ0v) is 11.5. The highest BCUT2D eigenvalue weighted by molar-refractivity contribution is 7.89. The summed E-state index contributed by atoms with van der Waals surface area (Å²) >= 11 is 0. The van der Waals surface area contributed by atoms with E-state index in [2.05, 4.69) is 4.72 Å². The SMILES string of the molecule is Cc1ccc(S(=O)(=O)NC2(C)CCC2)cc1CO. The van der Waals surface area contributed by atoms with Crippen LogP contribution in [0.2, 0.25) is 0 Å². The summed E-state index contributed by atoms with van der Waals surface area (Å²) in [5.41, 5.74) is 1.24. The van der Waals surface area contributed by atoms with Crippen molar-refractivity contribution in [1.29, 1.82) is 0 Å². The van der Waals surface area contributed by atoms with E-state index in [0.29, 0.717) is 5.56 Å². The Morgan fingerprint density at radius 1 is 1.39 bits per heavy atom. The maximum Gasteiger partial charge on any atom is 0.241 e. The zero-order valence-electron chi connectivity index (χ0n) is 10.7. The van der Waals surface area contributed by atoms with Crippen molar-refractivity contribution in [1.82, 2.24) is 4.72 Å². The smallest absolute Gasteiger partial charge is 0.241 e. The molecule has 0 aliphatic heterocycles. The molecule has 5 heteroatoms. The summed E-state index contributed by atoms with van der Waals surface area (Å²) in [5.74, 6) is 0. The Labute approximate surface area is 108 Å². The molecule has 0 heterocycles. The molecular weight excluding hydrogens is 250 g/mol. The monoisotopic (exact) mass is 269 g/mol. The molecule has 1 aromatic rings. The van der Waals surface area contributed by atoms with E-state index in [-0.39, 0.29) is 17.0 Å². The van der Waals surface area contributed by atoms with Gasteiger partial charge >= 0.3 is 0 Å². The van der Waals surface area contributed by atoms with Gasteiger partial charge < -0.3 is 5.11 Å². The average Bonchev–Trinajstić information content (AvgIpc) is 2.26. The summed E-state index contributed by atoms with van der Waals surface area (Å²) in [5, 5.41) is 9.18. The van der Waals surface area contributed by atoms with Crippen molar-refractivity contribution in [2.75, 3.05) is 0 Å². The summed E-state index contributed by atoms with van der Waals surface area (Å²) in [6.45, 7) is 3.63. The van der Waals surface area contributed by atoms with Crippen LogP contribution in [0.4, 0.5) is 0 Å². The third-order valence-electron chi connectivity index (χ3n) is 3.64. The molecule has 0 unspecified atom stereocenters. The molecule has 1 aliphatic rings. The maximum absolute atomic E-state index is 12.2. The van der Waals surface area contributed by atoms with Crippen LogP contribution in [0, 0.1) is 6.92 Å². The predicted molar refractivity (Wildman–Crippen MR) is 69.7 cm³/mol. The lowest BCUT2D eigenvalue weighted by Gasteiger charge is -2.38. The van der Waals surface area contributed by atoms with Crippen LogP contribution in [0.15, 0.2) is 23.1 Å². The normalized spacial score (nSPS) is 18.4. The van der Waals surface area contributed by atoms with Crippen LogP contribution < -0.4 is 4.72 Å². The lowest BCUT2D eigenvalue weighted by Crippen LogP contribution is -2.50. The van der Waals surface area contributed by atoms with Gasteiger partial charge in [-0.1, -0.05) is 6.07 Å². The highest BCUT2D eigenvalue weighted by Gasteiger charge is 2.36. The molecule has 1 fully saturated rings. The molecule has 1 aromatic carbocycles. The number of aryl methyl sites for hydroxylation is 1. The summed E-state index contributed by atoms with van der Waals surface area (Å²) in [7, 11) is -3.49. The van der Waals surface area contributed by atoms with Crippen molar-refractivity contribution in [3.63, 3.8) is 0 Å². The van der Waals surface area contributed by atoms with Gasteiger partial charge in [-0.15, -0.1) is 0 Å². The first-order valence-corrected chi connectivity index (χ1v) is 7.59. The fourth-order valence-corrected chi connectivity index (χ4v) is 3.69. The number of nitrogens with one attached hydrogen (secondary N) is 1. The summed E-state index contributed by atoms with van der Waals surface area (Å²) < 4.78 is 27.2. The van der Waals surface area contributed by atoms with Crippen molar-refractivity contribution >= 4 is 10.0 Å². The van der Waals surface area contributed by atoms with Crippen molar-refractivity contribution in [3.05, 3.63) is 29.3 Å². The number of aliphatic hydroxyl groups excluding tert-OH is 1. The molecule has 0 saturated heterocycles. The van der Waals surface area contributed by atoms with Crippen molar-refractivity contribution in [2.45, 2.75) is 50.2 Å². The lowest BCUT2D eigenvalue weighted by atomic mass is 9.80. The Balaban J connectivity index is 2.29. The van der Waals surface area contributed by atoms with Crippen LogP contribution in [0.3, 0.4) is 0 Å². The van der Waals surface area contributed by atoms with E-state index >= 15 is 0 Å². The summed E-state index contributed by atoms with van der Waals surface area (Å²) in [6, 6.07) is 4.85. The Bertz CT molecular complexity index is 547. The van der Waals surface area contributed by atoms with Gasteiger partial charge in [-0.05, 0) is 56.4 Å².